The maximum Gasteiger partial charge on any atom is 0.243 e. The Morgan fingerprint density at radius 3 is 1.88 bits per heavy atom. The molecule has 0 radical (unpaired) electrons. The fraction of sp³-hybridized carbons (Fsp3) is 0.310. The summed E-state index contributed by atoms with van der Waals surface area (Å²) in [5.41, 5.74) is 3.71. The molecule has 0 aliphatic carbocycles. The van der Waals surface area contributed by atoms with Crippen LogP contribution >= 0.6 is 0 Å². The van der Waals surface area contributed by atoms with E-state index < -0.39 is 11.6 Å². The molecule has 0 unspecified atom stereocenters. The first-order valence-corrected chi connectivity index (χ1v) is 11.5. The molecule has 172 valence electrons. The summed E-state index contributed by atoms with van der Waals surface area (Å²) in [6, 6.07) is 27.1. The van der Waals surface area contributed by atoms with Crippen LogP contribution in [0.3, 0.4) is 0 Å². The Hall–Kier alpha value is -3.40. The Morgan fingerprint density at radius 1 is 0.788 bits per heavy atom. The van der Waals surface area contributed by atoms with Crippen molar-refractivity contribution in [2.45, 2.75) is 58.7 Å². The average Bonchev–Trinajstić information content (AvgIpc) is 2.78. The van der Waals surface area contributed by atoms with Gasteiger partial charge in [0.15, 0.2) is 0 Å². The molecule has 4 heteroatoms. The molecule has 1 atom stereocenters. The Bertz CT molecular complexity index is 1040. The summed E-state index contributed by atoms with van der Waals surface area (Å²) >= 11 is 0. The monoisotopic (exact) mass is 442 g/mol. The van der Waals surface area contributed by atoms with Crippen LogP contribution in [0.2, 0.25) is 0 Å². The fourth-order valence-electron chi connectivity index (χ4n) is 3.77. The lowest BCUT2D eigenvalue weighted by Gasteiger charge is -2.34. The molecule has 4 nitrogen and oxygen atoms in total. The van der Waals surface area contributed by atoms with Gasteiger partial charge < -0.3 is 10.2 Å². The molecule has 0 spiro atoms. The zero-order valence-corrected chi connectivity index (χ0v) is 20.0. The number of aryl methyl sites for hydroxylation is 1. The summed E-state index contributed by atoms with van der Waals surface area (Å²) in [5, 5.41) is 3.10. The minimum Gasteiger partial charge on any atom is -0.350 e. The van der Waals surface area contributed by atoms with Gasteiger partial charge in [0, 0.05) is 18.5 Å². The van der Waals surface area contributed by atoms with Crippen molar-refractivity contribution in [3.05, 3.63) is 107 Å². The number of amides is 2. The van der Waals surface area contributed by atoms with Gasteiger partial charge in [-0.15, -0.1) is 0 Å². The third-order valence-electron chi connectivity index (χ3n) is 5.44. The van der Waals surface area contributed by atoms with Gasteiger partial charge in [0.05, 0.1) is 6.42 Å². The van der Waals surface area contributed by atoms with E-state index in [1.165, 1.54) is 0 Å². The summed E-state index contributed by atoms with van der Waals surface area (Å²) in [4.78, 5) is 28.9. The number of carbonyl (C=O) groups excluding carboxylic acids is 2. The number of nitrogens with one attached hydrogen (secondary N) is 1. The molecule has 3 aromatic carbocycles. The molecular formula is C29H34N2O2. The van der Waals surface area contributed by atoms with Crippen LogP contribution in [-0.4, -0.2) is 28.3 Å². The van der Waals surface area contributed by atoms with Gasteiger partial charge in [-0.25, -0.2) is 0 Å². The molecule has 1 N–H and O–H groups in total. The van der Waals surface area contributed by atoms with E-state index in [1.54, 1.807) is 4.90 Å². The first-order valence-electron chi connectivity index (χ1n) is 11.5. The third kappa shape index (κ3) is 7.60. The molecule has 0 bridgehead atoms. The van der Waals surface area contributed by atoms with Gasteiger partial charge in [-0.3, -0.25) is 9.59 Å². The average molecular weight is 443 g/mol. The Kier molecular flexibility index (Phi) is 8.05. The van der Waals surface area contributed by atoms with Gasteiger partial charge in [-0.1, -0.05) is 90.5 Å². The van der Waals surface area contributed by atoms with E-state index in [0.29, 0.717) is 13.0 Å². The summed E-state index contributed by atoms with van der Waals surface area (Å²) < 4.78 is 0. The molecule has 0 aromatic heterocycles. The predicted octanol–water partition coefficient (Wildman–Crippen LogP) is 5.09. The van der Waals surface area contributed by atoms with Crippen LogP contribution in [0.15, 0.2) is 84.9 Å². The first-order chi connectivity index (χ1) is 15.7. The molecule has 2 amide bonds. The van der Waals surface area contributed by atoms with Crippen molar-refractivity contribution in [1.29, 1.82) is 0 Å². The van der Waals surface area contributed by atoms with E-state index >= 15 is 0 Å². The molecular weight excluding hydrogens is 408 g/mol. The number of carbonyl (C=O) groups is 2. The molecule has 3 rings (SSSR count). The normalized spacial score (nSPS) is 12.1. The summed E-state index contributed by atoms with van der Waals surface area (Å²) in [7, 11) is 0. The van der Waals surface area contributed by atoms with Crippen LogP contribution in [0, 0.1) is 6.92 Å². The summed E-state index contributed by atoms with van der Waals surface area (Å²) in [6.45, 7) is 8.28. The van der Waals surface area contributed by atoms with Crippen molar-refractivity contribution < 1.29 is 9.59 Å². The van der Waals surface area contributed by atoms with Crippen molar-refractivity contribution in [3.8, 4) is 0 Å². The van der Waals surface area contributed by atoms with Crippen LogP contribution in [0.1, 0.15) is 43.0 Å². The van der Waals surface area contributed by atoms with Crippen molar-refractivity contribution in [2.24, 2.45) is 0 Å². The Morgan fingerprint density at radius 2 is 1.33 bits per heavy atom. The predicted molar refractivity (Wildman–Crippen MR) is 134 cm³/mol. The highest BCUT2D eigenvalue weighted by molar-refractivity contribution is 5.89. The number of benzene rings is 3. The summed E-state index contributed by atoms with van der Waals surface area (Å²) in [6.07, 6.45) is 0.705. The van der Waals surface area contributed by atoms with Crippen LogP contribution in [-0.2, 0) is 29.0 Å². The van der Waals surface area contributed by atoms with E-state index in [4.69, 9.17) is 0 Å². The van der Waals surface area contributed by atoms with Gasteiger partial charge in [0.25, 0.3) is 0 Å². The fourth-order valence-corrected chi connectivity index (χ4v) is 3.77. The number of hydrogen-bond donors (Lipinski definition) is 1. The van der Waals surface area contributed by atoms with Gasteiger partial charge in [-0.05, 0) is 44.4 Å². The van der Waals surface area contributed by atoms with Crippen LogP contribution in [0.4, 0.5) is 0 Å². The SMILES string of the molecule is Cc1ccc(CC(=O)N(Cc2ccccc2)[C@@H](Cc2ccccc2)C(=O)NC(C)(C)C)cc1. The first kappa shape index (κ1) is 24.2. The van der Waals surface area contributed by atoms with E-state index in [0.717, 1.165) is 22.3 Å². The largest absolute Gasteiger partial charge is 0.350 e. The second kappa shape index (κ2) is 11.0. The van der Waals surface area contributed by atoms with Gasteiger partial charge in [0.2, 0.25) is 11.8 Å². The van der Waals surface area contributed by atoms with E-state index in [9.17, 15) is 9.59 Å². The smallest absolute Gasteiger partial charge is 0.243 e. The van der Waals surface area contributed by atoms with E-state index in [1.807, 2.05) is 113 Å². The highest BCUT2D eigenvalue weighted by atomic mass is 16.2. The van der Waals surface area contributed by atoms with Crippen LogP contribution in [0.5, 0.6) is 0 Å². The molecule has 3 aromatic rings. The Balaban J connectivity index is 1.96. The Labute approximate surface area is 197 Å². The second-order valence-electron chi connectivity index (χ2n) is 9.61. The number of rotatable bonds is 8. The topological polar surface area (TPSA) is 49.4 Å². The van der Waals surface area contributed by atoms with Crippen molar-refractivity contribution in [3.63, 3.8) is 0 Å². The minimum absolute atomic E-state index is 0.0623. The van der Waals surface area contributed by atoms with E-state index in [-0.39, 0.29) is 18.2 Å². The standard InChI is InChI=1S/C29H34N2O2/c1-22-15-17-24(18-16-22)20-27(32)31(21-25-13-9-6-10-14-25)26(28(33)30-29(2,3)4)19-23-11-7-5-8-12-23/h5-18,26H,19-21H2,1-4H3,(H,30,33)/t26-/m0/s1. The van der Waals surface area contributed by atoms with Crippen LogP contribution < -0.4 is 5.32 Å². The maximum absolute atomic E-state index is 13.6. The zero-order chi connectivity index (χ0) is 23.8. The maximum atomic E-state index is 13.6. The molecule has 0 fully saturated rings. The van der Waals surface area contributed by atoms with E-state index in [2.05, 4.69) is 5.32 Å². The van der Waals surface area contributed by atoms with Gasteiger partial charge in [0.1, 0.15) is 6.04 Å². The molecule has 33 heavy (non-hydrogen) atoms. The lowest BCUT2D eigenvalue weighted by molar-refractivity contribution is -0.141. The molecule has 0 saturated heterocycles. The minimum atomic E-state index is -0.621. The number of hydrogen-bond acceptors (Lipinski definition) is 2. The van der Waals surface area contributed by atoms with Gasteiger partial charge in [-0.2, -0.15) is 0 Å². The molecule has 0 saturated carbocycles. The highest BCUT2D eigenvalue weighted by Crippen LogP contribution is 2.18. The molecule has 0 aliphatic rings. The highest BCUT2D eigenvalue weighted by Gasteiger charge is 2.32. The van der Waals surface area contributed by atoms with Gasteiger partial charge >= 0.3 is 0 Å². The number of nitrogens with zero attached hydrogens (tertiary/aromatic N) is 1. The third-order valence-corrected chi connectivity index (χ3v) is 5.44. The quantitative estimate of drug-likeness (QED) is 0.528. The van der Waals surface area contributed by atoms with Crippen molar-refractivity contribution in [2.75, 3.05) is 0 Å². The second-order valence-corrected chi connectivity index (χ2v) is 9.61. The van der Waals surface area contributed by atoms with Crippen molar-refractivity contribution >= 4 is 11.8 Å². The summed E-state index contributed by atoms with van der Waals surface area (Å²) in [5.74, 6) is -0.202. The lowest BCUT2D eigenvalue weighted by Crippen LogP contribution is -2.54. The van der Waals surface area contributed by atoms with Crippen LogP contribution in [0.25, 0.3) is 0 Å². The zero-order valence-electron chi connectivity index (χ0n) is 20.0. The molecule has 0 heterocycles. The lowest BCUT2D eigenvalue weighted by atomic mass is 9.99. The van der Waals surface area contributed by atoms with Crippen molar-refractivity contribution in [1.82, 2.24) is 10.2 Å². The molecule has 0 aliphatic heterocycles.